The number of imide groups is 1. The predicted octanol–water partition coefficient (Wildman–Crippen LogP) is -0.164. The summed E-state index contributed by atoms with van der Waals surface area (Å²) in [6, 6.07) is 8.49. The first kappa shape index (κ1) is 22.7. The number of carbonyl (C=O) groups is 2. The number of imidazole rings is 1. The van der Waals surface area contributed by atoms with Crippen molar-refractivity contribution in [3.63, 3.8) is 0 Å². The molecule has 1 aromatic carbocycles. The third-order valence-corrected chi connectivity index (χ3v) is 6.27. The Morgan fingerprint density at radius 3 is 2.27 bits per heavy atom. The highest BCUT2D eigenvalue weighted by atomic mass is 35.5. The van der Waals surface area contributed by atoms with Gasteiger partial charge in [-0.2, -0.15) is 4.98 Å². The van der Waals surface area contributed by atoms with Gasteiger partial charge in [0.05, 0.1) is 18.2 Å². The zero-order valence-corrected chi connectivity index (χ0v) is 19.0. The minimum absolute atomic E-state index is 0. The minimum Gasteiger partial charge on any atom is -0.340 e. The molecule has 2 aliphatic rings. The van der Waals surface area contributed by atoms with Crippen molar-refractivity contribution < 1.29 is 9.59 Å². The van der Waals surface area contributed by atoms with Crippen LogP contribution < -0.4 is 21.0 Å². The van der Waals surface area contributed by atoms with E-state index in [4.69, 9.17) is 0 Å². The fourth-order valence-electron chi connectivity index (χ4n) is 4.46. The molecule has 33 heavy (non-hydrogen) atoms. The number of nitrogens with zero attached hydrogens (tertiary/aromatic N) is 6. The van der Waals surface area contributed by atoms with E-state index >= 15 is 0 Å². The molecule has 174 valence electrons. The maximum Gasteiger partial charge on any atom is 0.332 e. The van der Waals surface area contributed by atoms with Crippen molar-refractivity contribution in [2.45, 2.75) is 12.5 Å². The van der Waals surface area contributed by atoms with Gasteiger partial charge in [0.15, 0.2) is 11.2 Å². The molecule has 12 heteroatoms. The summed E-state index contributed by atoms with van der Waals surface area (Å²) in [6.45, 7) is 2.27. The summed E-state index contributed by atoms with van der Waals surface area (Å²) < 4.78 is 2.39. The van der Waals surface area contributed by atoms with Gasteiger partial charge in [-0.3, -0.25) is 28.4 Å². The molecule has 1 N–H and O–H groups in total. The van der Waals surface area contributed by atoms with E-state index in [-0.39, 0.29) is 36.2 Å². The third kappa shape index (κ3) is 3.62. The molecule has 1 unspecified atom stereocenters. The summed E-state index contributed by atoms with van der Waals surface area (Å²) in [5, 5.41) is 0. The number of carbonyl (C=O) groups excluding carboxylic acids is 2. The molecule has 0 saturated carbocycles. The number of piperazine rings is 1. The van der Waals surface area contributed by atoms with Gasteiger partial charge < -0.3 is 9.88 Å². The Bertz CT molecular complexity index is 1340. The van der Waals surface area contributed by atoms with E-state index in [1.54, 1.807) is 31.3 Å². The van der Waals surface area contributed by atoms with Crippen molar-refractivity contribution in [1.82, 2.24) is 24.0 Å². The first-order chi connectivity index (χ1) is 15.4. The lowest BCUT2D eigenvalue weighted by Gasteiger charge is -2.36. The van der Waals surface area contributed by atoms with Crippen LogP contribution in [0.15, 0.2) is 39.9 Å². The number of H-pyrrole nitrogens is 1. The Balaban J connectivity index is 0.00000259. The Hall–Kier alpha value is -3.44. The van der Waals surface area contributed by atoms with Crippen LogP contribution in [0.5, 0.6) is 0 Å². The van der Waals surface area contributed by atoms with Gasteiger partial charge in [0, 0.05) is 40.3 Å². The van der Waals surface area contributed by atoms with Crippen LogP contribution in [0, 0.1) is 0 Å². The summed E-state index contributed by atoms with van der Waals surface area (Å²) >= 11 is 0. The van der Waals surface area contributed by atoms with Gasteiger partial charge in [-0.05, 0) is 12.1 Å². The number of hydrogen-bond acceptors (Lipinski definition) is 7. The van der Waals surface area contributed by atoms with Crippen LogP contribution in [0.4, 0.5) is 11.6 Å². The van der Waals surface area contributed by atoms with Crippen molar-refractivity contribution in [3.8, 4) is 0 Å². The number of amides is 2. The molecule has 0 aliphatic carbocycles. The van der Waals surface area contributed by atoms with E-state index in [0.29, 0.717) is 43.5 Å². The summed E-state index contributed by atoms with van der Waals surface area (Å²) in [4.78, 5) is 62.9. The van der Waals surface area contributed by atoms with E-state index < -0.39 is 17.3 Å². The van der Waals surface area contributed by atoms with Crippen molar-refractivity contribution >= 4 is 47.0 Å². The second-order valence-corrected chi connectivity index (χ2v) is 8.11. The van der Waals surface area contributed by atoms with Gasteiger partial charge in [0.1, 0.15) is 0 Å². The summed E-state index contributed by atoms with van der Waals surface area (Å²) in [5.74, 6) is 0.122. The smallest absolute Gasteiger partial charge is 0.332 e. The number of nitrogens with one attached hydrogen (secondary N) is 1. The molecule has 11 nitrogen and oxygen atoms in total. The molecular weight excluding hydrogens is 450 g/mol. The van der Waals surface area contributed by atoms with Crippen LogP contribution in [0.2, 0.25) is 0 Å². The van der Waals surface area contributed by atoms with Crippen LogP contribution in [0.3, 0.4) is 0 Å². The topological polar surface area (TPSA) is 117 Å². The number of benzene rings is 1. The van der Waals surface area contributed by atoms with Crippen LogP contribution in [-0.2, 0) is 23.7 Å². The van der Waals surface area contributed by atoms with E-state index in [0.717, 1.165) is 4.57 Å². The van der Waals surface area contributed by atoms with Crippen molar-refractivity contribution in [2.75, 3.05) is 36.0 Å². The van der Waals surface area contributed by atoms with Gasteiger partial charge in [-0.1, -0.05) is 18.2 Å². The first-order valence-corrected chi connectivity index (χ1v) is 10.4. The van der Waals surface area contributed by atoms with Gasteiger partial charge in [0.25, 0.3) is 11.5 Å². The molecular formula is C21H24ClN7O4. The van der Waals surface area contributed by atoms with Crippen LogP contribution in [-0.4, -0.2) is 68.0 Å². The molecule has 0 spiro atoms. The summed E-state index contributed by atoms with van der Waals surface area (Å²) in [7, 11) is 3.01. The summed E-state index contributed by atoms with van der Waals surface area (Å²) in [5.41, 5.74) is 0.333. The van der Waals surface area contributed by atoms with Crippen molar-refractivity contribution in [2.24, 2.45) is 14.1 Å². The van der Waals surface area contributed by atoms with Gasteiger partial charge in [-0.25, -0.2) is 9.69 Å². The molecule has 1 atom stereocenters. The van der Waals surface area contributed by atoms with E-state index in [9.17, 15) is 19.2 Å². The molecule has 4 heterocycles. The van der Waals surface area contributed by atoms with E-state index in [1.165, 1.54) is 16.5 Å². The number of rotatable bonds is 3. The highest BCUT2D eigenvalue weighted by molar-refractivity contribution is 6.22. The lowest BCUT2D eigenvalue weighted by atomic mass is 10.2. The lowest BCUT2D eigenvalue weighted by Crippen LogP contribution is -2.52. The van der Waals surface area contributed by atoms with Gasteiger partial charge in [-0.15, -0.1) is 12.4 Å². The molecule has 0 radical (unpaired) electrons. The maximum atomic E-state index is 13.0. The zero-order valence-electron chi connectivity index (χ0n) is 18.2. The largest absolute Gasteiger partial charge is 0.340 e. The van der Waals surface area contributed by atoms with Gasteiger partial charge >= 0.3 is 5.69 Å². The van der Waals surface area contributed by atoms with Crippen LogP contribution in [0.1, 0.15) is 6.42 Å². The number of aromatic nitrogens is 4. The number of halogens is 1. The number of fused-ring (bicyclic) bond motifs is 1. The number of hydrogen-bond donors (Lipinski definition) is 1. The Labute approximate surface area is 194 Å². The SMILES string of the molecule is Cl.Cn1c(=O)c2[nH]c(N3CCN(C4CC(=O)N(c5ccccc5)C4=O)CC3)nc2n(C)c1=O. The molecule has 2 aromatic heterocycles. The standard InChI is InChI=1S/C21H23N7O4.ClH/c1-24-17-16(19(31)25(2)21(24)32)22-20(23-17)27-10-8-26(9-11-27)14-12-15(29)28(18(14)30)13-6-4-3-5-7-13;/h3-7,14H,8-12H2,1-2H3,(H,22,23);1H. The highest BCUT2D eigenvalue weighted by Gasteiger charge is 2.43. The van der Waals surface area contributed by atoms with Crippen molar-refractivity contribution in [3.05, 3.63) is 51.2 Å². The number of aromatic amines is 1. The average Bonchev–Trinajstić information content (AvgIpc) is 3.38. The predicted molar refractivity (Wildman–Crippen MR) is 125 cm³/mol. The van der Waals surface area contributed by atoms with Crippen molar-refractivity contribution in [1.29, 1.82) is 0 Å². The first-order valence-electron chi connectivity index (χ1n) is 10.4. The normalized spacial score (nSPS) is 19.4. The molecule has 3 aromatic rings. The highest BCUT2D eigenvalue weighted by Crippen LogP contribution is 2.26. The molecule has 2 amide bonds. The Kier molecular flexibility index (Phi) is 5.85. The Morgan fingerprint density at radius 1 is 0.939 bits per heavy atom. The zero-order chi connectivity index (χ0) is 22.6. The van der Waals surface area contributed by atoms with E-state index in [1.807, 2.05) is 15.9 Å². The fourth-order valence-corrected chi connectivity index (χ4v) is 4.46. The monoisotopic (exact) mass is 473 g/mol. The second-order valence-electron chi connectivity index (χ2n) is 8.11. The number of anilines is 2. The quantitative estimate of drug-likeness (QED) is 0.525. The molecule has 2 saturated heterocycles. The molecule has 0 bridgehead atoms. The third-order valence-electron chi connectivity index (χ3n) is 6.27. The fraction of sp³-hybridized carbons (Fsp3) is 0.381. The number of aryl methyl sites for hydroxylation is 1. The second kappa shape index (κ2) is 8.49. The lowest BCUT2D eigenvalue weighted by molar-refractivity contribution is -0.123. The van der Waals surface area contributed by atoms with Crippen LogP contribution in [0.25, 0.3) is 11.2 Å². The van der Waals surface area contributed by atoms with Gasteiger partial charge in [0.2, 0.25) is 11.9 Å². The minimum atomic E-state index is -0.478. The molecule has 2 aliphatic heterocycles. The molecule has 5 rings (SSSR count). The Morgan fingerprint density at radius 2 is 1.61 bits per heavy atom. The maximum absolute atomic E-state index is 13.0. The molecule has 2 fully saturated rings. The van der Waals surface area contributed by atoms with Crippen LogP contribution >= 0.6 is 12.4 Å². The number of para-hydroxylation sites is 1. The van der Waals surface area contributed by atoms with E-state index in [2.05, 4.69) is 9.97 Å². The average molecular weight is 474 g/mol. The summed E-state index contributed by atoms with van der Waals surface area (Å²) in [6.07, 6.45) is 0.163.